The van der Waals surface area contributed by atoms with Crippen molar-refractivity contribution in [3.8, 4) is 0 Å². The number of carbonyl (C=O) groups excluding carboxylic acids is 1. The van der Waals surface area contributed by atoms with E-state index in [1.165, 1.54) is 0 Å². The second-order valence-electron chi connectivity index (χ2n) is 6.30. The van der Waals surface area contributed by atoms with Crippen molar-refractivity contribution in [3.63, 3.8) is 0 Å². The number of amides is 1. The second kappa shape index (κ2) is 8.14. The molecule has 0 unspecified atom stereocenters. The molecular weight excluding hydrogens is 336 g/mol. The Hall–Kier alpha value is -2.09. The number of nitrogens with one attached hydrogen (secondary N) is 2. The summed E-state index contributed by atoms with van der Waals surface area (Å²) in [6.07, 6.45) is 0.0712. The van der Waals surface area contributed by atoms with Crippen LogP contribution in [0.4, 0.5) is 16.2 Å². The lowest BCUT2D eigenvalue weighted by Gasteiger charge is -2.19. The zero-order valence-corrected chi connectivity index (χ0v) is 15.3. The molecule has 0 saturated carbocycles. The maximum atomic E-state index is 11.5. The smallest absolute Gasteiger partial charge is 0.407 e. The fourth-order valence-electron chi connectivity index (χ4n) is 1.94. The lowest BCUT2D eigenvalue weighted by molar-refractivity contribution is -0.384. The van der Waals surface area contributed by atoms with Crippen molar-refractivity contribution < 1.29 is 14.5 Å². The molecule has 2 N–H and O–H groups in total. The third-order valence-corrected chi connectivity index (χ3v) is 3.39. The molecule has 9 heteroatoms. The van der Waals surface area contributed by atoms with Crippen molar-refractivity contribution in [2.75, 3.05) is 18.4 Å². The number of aromatic nitrogens is 1. The Bertz CT molecular complexity index is 629. The van der Waals surface area contributed by atoms with Crippen molar-refractivity contribution in [2.45, 2.75) is 46.6 Å². The van der Waals surface area contributed by atoms with Gasteiger partial charge in [0.15, 0.2) is 0 Å². The zero-order chi connectivity index (χ0) is 18.5. The molecule has 0 radical (unpaired) electrons. The van der Waals surface area contributed by atoms with Gasteiger partial charge >= 0.3 is 11.8 Å². The van der Waals surface area contributed by atoms with Crippen molar-refractivity contribution >= 4 is 29.1 Å². The fourth-order valence-corrected chi connectivity index (χ4v) is 2.23. The molecule has 1 aromatic rings. The normalized spacial score (nSPS) is 11.1. The number of carbonyl (C=O) groups is 1. The molecule has 0 saturated heterocycles. The summed E-state index contributed by atoms with van der Waals surface area (Å²) in [5.41, 5.74) is 0.867. The summed E-state index contributed by atoms with van der Waals surface area (Å²) in [4.78, 5) is 26.1. The van der Waals surface area contributed by atoms with Crippen molar-refractivity contribution in [3.05, 3.63) is 26.5 Å². The average molecular weight is 359 g/mol. The summed E-state index contributed by atoms with van der Waals surface area (Å²) < 4.78 is 5.12. The molecule has 24 heavy (non-hydrogen) atoms. The highest BCUT2D eigenvalue weighted by atomic mass is 35.5. The molecule has 0 aliphatic carbocycles. The van der Waals surface area contributed by atoms with E-state index >= 15 is 0 Å². The lowest BCUT2D eigenvalue weighted by atomic mass is 10.1. The van der Waals surface area contributed by atoms with Crippen LogP contribution in [0.2, 0.25) is 5.15 Å². The van der Waals surface area contributed by atoms with Gasteiger partial charge in [-0.25, -0.2) is 9.78 Å². The average Bonchev–Trinajstić information content (AvgIpc) is 2.40. The minimum atomic E-state index is -0.553. The van der Waals surface area contributed by atoms with Gasteiger partial charge in [-0.15, -0.1) is 0 Å². The number of anilines is 1. The molecule has 1 heterocycles. The summed E-state index contributed by atoms with van der Waals surface area (Å²) in [5.74, 6) is 0. The van der Waals surface area contributed by atoms with E-state index in [0.29, 0.717) is 36.5 Å². The third-order valence-electron chi connectivity index (χ3n) is 3.12. The van der Waals surface area contributed by atoms with Crippen molar-refractivity contribution in [1.82, 2.24) is 10.3 Å². The Morgan fingerprint density at radius 2 is 1.96 bits per heavy atom. The first kappa shape index (κ1) is 20.0. The number of aryl methyl sites for hydroxylation is 1. The van der Waals surface area contributed by atoms with Crippen LogP contribution in [0.1, 0.15) is 38.4 Å². The first-order chi connectivity index (χ1) is 11.0. The molecule has 1 amide bonds. The maximum absolute atomic E-state index is 11.5. The van der Waals surface area contributed by atoms with Crippen LogP contribution in [-0.2, 0) is 4.74 Å². The third kappa shape index (κ3) is 5.84. The highest BCUT2D eigenvalue weighted by Crippen LogP contribution is 2.35. The highest BCUT2D eigenvalue weighted by Gasteiger charge is 2.23. The van der Waals surface area contributed by atoms with Crippen LogP contribution in [0.25, 0.3) is 0 Å². The standard InChI is InChI=1S/C15H23ClN4O4/c1-9-10(2)19-13(16)12(20(22)23)11(9)17-7-6-8-18-14(21)24-15(3,4)5/h6-8H2,1-5H3,(H,17,19)(H,18,21). The number of rotatable bonds is 6. The zero-order valence-electron chi connectivity index (χ0n) is 14.5. The minimum absolute atomic E-state index is 0.141. The van der Waals surface area contributed by atoms with Gasteiger partial charge in [-0.1, -0.05) is 11.6 Å². The van der Waals surface area contributed by atoms with Crippen LogP contribution >= 0.6 is 11.6 Å². The Labute approximate surface area is 146 Å². The van der Waals surface area contributed by atoms with Gasteiger partial charge in [0.2, 0.25) is 5.15 Å². The second-order valence-corrected chi connectivity index (χ2v) is 6.66. The molecule has 0 spiro atoms. The highest BCUT2D eigenvalue weighted by molar-refractivity contribution is 6.32. The van der Waals surface area contributed by atoms with Gasteiger partial charge in [-0.2, -0.15) is 0 Å². The van der Waals surface area contributed by atoms with Crippen LogP contribution in [-0.4, -0.2) is 34.7 Å². The number of hydrogen-bond acceptors (Lipinski definition) is 6. The minimum Gasteiger partial charge on any atom is -0.444 e. The topological polar surface area (TPSA) is 106 Å². The largest absolute Gasteiger partial charge is 0.444 e. The molecule has 1 aromatic heterocycles. The van der Waals surface area contributed by atoms with Gasteiger partial charge in [-0.05, 0) is 41.0 Å². The molecule has 0 aliphatic rings. The maximum Gasteiger partial charge on any atom is 0.407 e. The first-order valence-corrected chi connectivity index (χ1v) is 7.92. The molecule has 134 valence electrons. The first-order valence-electron chi connectivity index (χ1n) is 7.54. The molecule has 1 rings (SSSR count). The van der Waals surface area contributed by atoms with Crippen LogP contribution in [0.3, 0.4) is 0 Å². The van der Waals surface area contributed by atoms with Gasteiger partial charge in [0.05, 0.1) is 4.92 Å². The number of hydrogen-bond donors (Lipinski definition) is 2. The molecular formula is C15H23ClN4O4. The van der Waals surface area contributed by atoms with E-state index in [2.05, 4.69) is 15.6 Å². The molecule has 0 aromatic carbocycles. The Morgan fingerprint density at radius 3 is 2.50 bits per heavy atom. The van der Waals surface area contributed by atoms with Gasteiger partial charge < -0.3 is 15.4 Å². The molecule has 0 aliphatic heterocycles. The van der Waals surface area contributed by atoms with Gasteiger partial charge in [-0.3, -0.25) is 10.1 Å². The monoisotopic (exact) mass is 358 g/mol. The lowest BCUT2D eigenvalue weighted by Crippen LogP contribution is -2.33. The van der Waals surface area contributed by atoms with E-state index in [9.17, 15) is 14.9 Å². The van der Waals surface area contributed by atoms with Gasteiger partial charge in [0, 0.05) is 24.3 Å². The summed E-state index contributed by atoms with van der Waals surface area (Å²) >= 11 is 5.88. The van der Waals surface area contributed by atoms with Gasteiger partial charge in [0.1, 0.15) is 11.3 Å². The van der Waals surface area contributed by atoms with Crippen LogP contribution in [0.15, 0.2) is 0 Å². The van der Waals surface area contributed by atoms with E-state index in [1.807, 2.05) is 0 Å². The predicted octanol–water partition coefficient (Wildman–Crippen LogP) is 3.59. The predicted molar refractivity (Wildman–Crippen MR) is 92.7 cm³/mol. The Balaban J connectivity index is 2.60. The Morgan fingerprint density at radius 1 is 1.33 bits per heavy atom. The number of nitrogens with zero attached hydrogens (tertiary/aromatic N) is 2. The van der Waals surface area contributed by atoms with E-state index in [4.69, 9.17) is 16.3 Å². The molecule has 0 fully saturated rings. The van der Waals surface area contributed by atoms with Crippen molar-refractivity contribution in [1.29, 1.82) is 0 Å². The number of alkyl carbamates (subject to hydrolysis) is 1. The summed E-state index contributed by atoms with van der Waals surface area (Å²) in [5, 5.41) is 16.7. The molecule has 0 atom stereocenters. The van der Waals surface area contributed by atoms with E-state index < -0.39 is 16.6 Å². The van der Waals surface area contributed by atoms with Crippen LogP contribution < -0.4 is 10.6 Å². The summed E-state index contributed by atoms with van der Waals surface area (Å²) in [6, 6.07) is 0. The summed E-state index contributed by atoms with van der Waals surface area (Å²) in [7, 11) is 0. The Kier molecular flexibility index (Phi) is 6.77. The number of ether oxygens (including phenoxy) is 1. The van der Waals surface area contributed by atoms with Crippen LogP contribution in [0.5, 0.6) is 0 Å². The van der Waals surface area contributed by atoms with E-state index in [0.717, 1.165) is 0 Å². The number of halogens is 1. The number of nitro groups is 1. The van der Waals surface area contributed by atoms with E-state index in [1.54, 1.807) is 34.6 Å². The van der Waals surface area contributed by atoms with Crippen molar-refractivity contribution in [2.24, 2.45) is 0 Å². The summed E-state index contributed by atoms with van der Waals surface area (Å²) in [6.45, 7) is 9.64. The fraction of sp³-hybridized carbons (Fsp3) is 0.600. The number of pyridine rings is 1. The quantitative estimate of drug-likeness (QED) is 0.348. The van der Waals surface area contributed by atoms with Crippen LogP contribution in [0, 0.1) is 24.0 Å². The molecule has 8 nitrogen and oxygen atoms in total. The van der Waals surface area contributed by atoms with Gasteiger partial charge in [0.25, 0.3) is 0 Å². The molecule has 0 bridgehead atoms. The SMILES string of the molecule is Cc1nc(Cl)c([N+](=O)[O-])c(NCCCNC(=O)OC(C)(C)C)c1C. The van der Waals surface area contributed by atoms with E-state index in [-0.39, 0.29) is 10.8 Å².